The summed E-state index contributed by atoms with van der Waals surface area (Å²) in [4.78, 5) is 12.1. The normalized spacial score (nSPS) is 12.2. The molecular formula is C21H30O7. The SMILES string of the molecule is CCCCCCCCOc1c(O)c2cc(OCCC(O)CO)ccc2oc1=O. The van der Waals surface area contributed by atoms with Gasteiger partial charge in [-0.3, -0.25) is 0 Å². The van der Waals surface area contributed by atoms with Gasteiger partial charge in [0.15, 0.2) is 5.75 Å². The van der Waals surface area contributed by atoms with Crippen molar-refractivity contribution in [3.8, 4) is 17.2 Å². The van der Waals surface area contributed by atoms with E-state index >= 15 is 0 Å². The van der Waals surface area contributed by atoms with Crippen LogP contribution in [0.25, 0.3) is 11.0 Å². The molecule has 0 amide bonds. The van der Waals surface area contributed by atoms with Gasteiger partial charge in [0.2, 0.25) is 5.75 Å². The van der Waals surface area contributed by atoms with Crippen LogP contribution in [0.2, 0.25) is 0 Å². The zero-order valence-corrected chi connectivity index (χ0v) is 16.4. The van der Waals surface area contributed by atoms with Crippen molar-refractivity contribution in [1.29, 1.82) is 0 Å². The molecule has 7 heteroatoms. The molecule has 1 aromatic heterocycles. The van der Waals surface area contributed by atoms with Crippen molar-refractivity contribution in [2.45, 2.75) is 58.0 Å². The molecule has 28 heavy (non-hydrogen) atoms. The maximum absolute atomic E-state index is 12.1. The summed E-state index contributed by atoms with van der Waals surface area (Å²) < 4.78 is 16.2. The van der Waals surface area contributed by atoms with Gasteiger partial charge in [0, 0.05) is 6.42 Å². The number of fused-ring (bicyclic) bond motifs is 1. The highest BCUT2D eigenvalue weighted by molar-refractivity contribution is 5.86. The van der Waals surface area contributed by atoms with E-state index < -0.39 is 11.7 Å². The zero-order valence-electron chi connectivity index (χ0n) is 16.4. The van der Waals surface area contributed by atoms with Crippen molar-refractivity contribution in [3.05, 3.63) is 28.6 Å². The fourth-order valence-corrected chi connectivity index (χ4v) is 2.83. The molecule has 0 radical (unpaired) electrons. The third-order valence-electron chi connectivity index (χ3n) is 4.48. The Labute approximate surface area is 164 Å². The molecule has 2 rings (SSSR count). The quantitative estimate of drug-likeness (QED) is 0.353. The lowest BCUT2D eigenvalue weighted by molar-refractivity contribution is 0.0754. The van der Waals surface area contributed by atoms with Crippen molar-refractivity contribution in [2.24, 2.45) is 0 Å². The Morgan fingerprint density at radius 1 is 1.07 bits per heavy atom. The molecule has 0 aliphatic rings. The fraction of sp³-hybridized carbons (Fsp3) is 0.571. The number of rotatable bonds is 13. The zero-order chi connectivity index (χ0) is 20.4. The summed E-state index contributed by atoms with van der Waals surface area (Å²) in [5.41, 5.74) is -0.479. The first-order valence-corrected chi connectivity index (χ1v) is 9.91. The van der Waals surface area contributed by atoms with Gasteiger partial charge < -0.3 is 29.2 Å². The summed E-state index contributed by atoms with van der Waals surface area (Å²) in [5.74, 6) is -0.00403. The van der Waals surface area contributed by atoms with Crippen LogP contribution >= 0.6 is 0 Å². The molecule has 1 unspecified atom stereocenters. The van der Waals surface area contributed by atoms with Crippen molar-refractivity contribution in [1.82, 2.24) is 0 Å². The first kappa shape index (κ1) is 22.0. The minimum Gasteiger partial charge on any atom is -0.504 e. The molecule has 0 fully saturated rings. The van der Waals surface area contributed by atoms with Gasteiger partial charge in [0.1, 0.15) is 11.3 Å². The molecule has 0 spiro atoms. The Bertz CT molecular complexity index is 784. The van der Waals surface area contributed by atoms with Crippen LogP contribution < -0.4 is 15.1 Å². The number of aliphatic hydroxyl groups is 2. The maximum Gasteiger partial charge on any atom is 0.383 e. The first-order valence-electron chi connectivity index (χ1n) is 9.91. The van der Waals surface area contributed by atoms with Gasteiger partial charge in [-0.25, -0.2) is 4.79 Å². The van der Waals surface area contributed by atoms with E-state index in [0.717, 1.165) is 19.3 Å². The Kier molecular flexibility index (Phi) is 9.10. The Balaban J connectivity index is 2.00. The highest BCUT2D eigenvalue weighted by atomic mass is 16.5. The average Bonchev–Trinajstić information content (AvgIpc) is 2.69. The second kappa shape index (κ2) is 11.6. The molecule has 7 nitrogen and oxygen atoms in total. The van der Waals surface area contributed by atoms with Gasteiger partial charge in [-0.1, -0.05) is 39.0 Å². The van der Waals surface area contributed by atoms with Crippen LogP contribution in [-0.4, -0.2) is 41.2 Å². The number of benzene rings is 1. The summed E-state index contributed by atoms with van der Waals surface area (Å²) in [5, 5.41) is 28.9. The molecule has 156 valence electrons. The lowest BCUT2D eigenvalue weighted by Crippen LogP contribution is -2.15. The molecule has 0 aliphatic carbocycles. The second-order valence-corrected chi connectivity index (χ2v) is 6.81. The van der Waals surface area contributed by atoms with Gasteiger partial charge in [-0.15, -0.1) is 0 Å². The lowest BCUT2D eigenvalue weighted by Gasteiger charge is -2.11. The van der Waals surface area contributed by atoms with Crippen LogP contribution in [-0.2, 0) is 0 Å². The topological polar surface area (TPSA) is 109 Å². The minimum atomic E-state index is -0.839. The maximum atomic E-state index is 12.1. The second-order valence-electron chi connectivity index (χ2n) is 6.81. The van der Waals surface area contributed by atoms with Gasteiger partial charge in [-0.2, -0.15) is 0 Å². The van der Waals surface area contributed by atoms with E-state index in [1.54, 1.807) is 12.1 Å². The van der Waals surface area contributed by atoms with E-state index in [9.17, 15) is 15.0 Å². The summed E-state index contributed by atoms with van der Waals surface area (Å²) in [7, 11) is 0. The number of aliphatic hydroxyl groups excluding tert-OH is 2. The standard InChI is InChI=1S/C21H30O7/c1-2-3-4-5-6-7-11-27-20-19(24)17-13-16(26-12-10-15(23)14-22)8-9-18(17)28-21(20)25/h8-9,13,15,22-24H,2-7,10-12,14H2,1H3. The van der Waals surface area contributed by atoms with Crippen LogP contribution in [0.1, 0.15) is 51.9 Å². The van der Waals surface area contributed by atoms with E-state index in [1.165, 1.54) is 25.3 Å². The van der Waals surface area contributed by atoms with E-state index in [4.69, 9.17) is 19.0 Å². The van der Waals surface area contributed by atoms with Crippen LogP contribution in [0.5, 0.6) is 17.2 Å². The molecule has 1 heterocycles. The molecule has 0 saturated heterocycles. The summed E-state index contributed by atoms with van der Waals surface area (Å²) in [6.45, 7) is 2.38. The fourth-order valence-electron chi connectivity index (χ4n) is 2.83. The average molecular weight is 394 g/mol. The van der Waals surface area contributed by atoms with E-state index in [2.05, 4.69) is 6.92 Å². The smallest absolute Gasteiger partial charge is 0.383 e. The highest BCUT2D eigenvalue weighted by Gasteiger charge is 2.16. The van der Waals surface area contributed by atoms with E-state index in [0.29, 0.717) is 17.7 Å². The van der Waals surface area contributed by atoms with Gasteiger partial charge in [0.25, 0.3) is 0 Å². The molecule has 0 bridgehead atoms. The third kappa shape index (κ3) is 6.42. The number of hydrogen-bond donors (Lipinski definition) is 3. The van der Waals surface area contributed by atoms with Crippen molar-refractivity contribution in [2.75, 3.05) is 19.8 Å². The van der Waals surface area contributed by atoms with Gasteiger partial charge in [0.05, 0.1) is 31.3 Å². The Morgan fingerprint density at radius 3 is 2.57 bits per heavy atom. The van der Waals surface area contributed by atoms with Crippen LogP contribution in [0, 0.1) is 0 Å². The largest absolute Gasteiger partial charge is 0.504 e. The molecule has 1 aromatic carbocycles. The van der Waals surface area contributed by atoms with E-state index in [-0.39, 0.29) is 36.7 Å². The number of aromatic hydroxyl groups is 1. The van der Waals surface area contributed by atoms with Crippen molar-refractivity contribution in [3.63, 3.8) is 0 Å². The molecular weight excluding hydrogens is 364 g/mol. The molecule has 1 atom stereocenters. The van der Waals surface area contributed by atoms with E-state index in [1.807, 2.05) is 0 Å². The van der Waals surface area contributed by atoms with Crippen LogP contribution in [0.15, 0.2) is 27.4 Å². The Hall–Kier alpha value is -2.25. The number of hydrogen-bond acceptors (Lipinski definition) is 7. The van der Waals surface area contributed by atoms with Gasteiger partial charge >= 0.3 is 5.63 Å². The molecule has 3 N–H and O–H groups in total. The molecule has 0 saturated carbocycles. The van der Waals surface area contributed by atoms with Gasteiger partial charge in [-0.05, 0) is 24.6 Å². The predicted molar refractivity (Wildman–Crippen MR) is 106 cm³/mol. The monoisotopic (exact) mass is 394 g/mol. The number of ether oxygens (including phenoxy) is 2. The molecule has 0 aliphatic heterocycles. The summed E-state index contributed by atoms with van der Waals surface area (Å²) >= 11 is 0. The highest BCUT2D eigenvalue weighted by Crippen LogP contribution is 2.33. The minimum absolute atomic E-state index is 0.186. The molecule has 2 aromatic rings. The lowest BCUT2D eigenvalue weighted by atomic mass is 10.1. The Morgan fingerprint density at radius 2 is 1.82 bits per heavy atom. The van der Waals surface area contributed by atoms with Crippen LogP contribution in [0.4, 0.5) is 0 Å². The summed E-state index contributed by atoms with van der Waals surface area (Å²) in [6, 6.07) is 4.69. The first-order chi connectivity index (χ1) is 13.6. The third-order valence-corrected chi connectivity index (χ3v) is 4.48. The predicted octanol–water partition coefficient (Wildman–Crippen LogP) is 3.36. The van der Waals surface area contributed by atoms with Crippen LogP contribution in [0.3, 0.4) is 0 Å². The van der Waals surface area contributed by atoms with Crippen molar-refractivity contribution < 1.29 is 29.2 Å². The summed E-state index contributed by atoms with van der Waals surface area (Å²) in [6.07, 6.45) is 5.98. The number of unbranched alkanes of at least 4 members (excludes halogenated alkanes) is 5. The van der Waals surface area contributed by atoms with Crippen molar-refractivity contribution >= 4 is 11.0 Å².